The van der Waals surface area contributed by atoms with E-state index in [2.05, 4.69) is 0 Å². The largest absolute Gasteiger partial charge is 0.326 e. The number of rotatable bonds is 0. The number of nitrogens with zero attached hydrogens (tertiary/aromatic N) is 1. The SMILES string of the molecule is NC1CCN(F)C1. The van der Waals surface area contributed by atoms with Crippen LogP contribution < -0.4 is 5.73 Å². The first-order valence-corrected chi connectivity index (χ1v) is 2.45. The fourth-order valence-corrected chi connectivity index (χ4v) is 0.743. The van der Waals surface area contributed by atoms with Gasteiger partial charge in [0.25, 0.3) is 0 Å². The van der Waals surface area contributed by atoms with E-state index in [0.717, 1.165) is 11.5 Å². The second-order valence-electron chi connectivity index (χ2n) is 1.92. The first-order valence-electron chi connectivity index (χ1n) is 2.45. The van der Waals surface area contributed by atoms with Crippen LogP contribution in [0, 0.1) is 0 Å². The second kappa shape index (κ2) is 1.76. The van der Waals surface area contributed by atoms with Crippen LogP contribution in [0.15, 0.2) is 0 Å². The lowest BCUT2D eigenvalue weighted by molar-refractivity contribution is 0.0558. The Hall–Kier alpha value is -0.150. The maximum atomic E-state index is 11.9. The first-order chi connectivity index (χ1) is 3.29. The van der Waals surface area contributed by atoms with Crippen molar-refractivity contribution in [1.82, 2.24) is 5.12 Å². The summed E-state index contributed by atoms with van der Waals surface area (Å²) in [5, 5.41) is 0.755. The molecule has 42 valence electrons. The predicted octanol–water partition coefficient (Wildman–Crippen LogP) is -0.0961. The maximum Gasteiger partial charge on any atom is 0.0442 e. The molecule has 2 nitrogen and oxygen atoms in total. The van der Waals surface area contributed by atoms with Crippen molar-refractivity contribution in [3.63, 3.8) is 0 Å². The normalized spacial score (nSPS) is 34.3. The highest BCUT2D eigenvalue weighted by Crippen LogP contribution is 2.05. The molecule has 0 aromatic rings. The Morgan fingerprint density at radius 3 is 2.57 bits per heavy atom. The molecular formula is C4H9FN2. The van der Waals surface area contributed by atoms with Crippen LogP contribution in [0.25, 0.3) is 0 Å². The minimum atomic E-state index is 0.0741. The standard InChI is InChI=1S/C4H9FN2/c5-7-2-1-4(6)3-7/h4H,1-3,6H2. The minimum absolute atomic E-state index is 0.0741. The van der Waals surface area contributed by atoms with Crippen LogP contribution in [0.5, 0.6) is 0 Å². The molecule has 0 aromatic heterocycles. The molecule has 1 aliphatic rings. The summed E-state index contributed by atoms with van der Waals surface area (Å²) in [6.07, 6.45) is 0.802. The molecule has 0 radical (unpaired) electrons. The summed E-state index contributed by atoms with van der Waals surface area (Å²) in [4.78, 5) is 0. The van der Waals surface area contributed by atoms with E-state index in [1.165, 1.54) is 0 Å². The van der Waals surface area contributed by atoms with Gasteiger partial charge in [0.15, 0.2) is 0 Å². The molecule has 1 aliphatic heterocycles. The van der Waals surface area contributed by atoms with Gasteiger partial charge in [-0.2, -0.15) is 0 Å². The third kappa shape index (κ3) is 1.11. The van der Waals surface area contributed by atoms with Crippen LogP contribution in [0.2, 0.25) is 0 Å². The molecule has 1 fully saturated rings. The summed E-state index contributed by atoms with van der Waals surface area (Å²) in [5.41, 5.74) is 5.34. The highest BCUT2D eigenvalue weighted by molar-refractivity contribution is 4.71. The van der Waals surface area contributed by atoms with E-state index in [9.17, 15) is 4.48 Å². The van der Waals surface area contributed by atoms with Gasteiger partial charge < -0.3 is 5.73 Å². The van der Waals surface area contributed by atoms with Crippen LogP contribution in [0.4, 0.5) is 4.48 Å². The summed E-state index contributed by atoms with van der Waals surface area (Å²) >= 11 is 0. The Balaban J connectivity index is 2.26. The van der Waals surface area contributed by atoms with Crippen LogP contribution in [0.1, 0.15) is 6.42 Å². The zero-order valence-electron chi connectivity index (χ0n) is 4.10. The molecule has 7 heavy (non-hydrogen) atoms. The van der Waals surface area contributed by atoms with E-state index < -0.39 is 0 Å². The van der Waals surface area contributed by atoms with Crippen molar-refractivity contribution in [2.45, 2.75) is 12.5 Å². The molecule has 1 rings (SSSR count). The zero-order chi connectivity index (χ0) is 5.28. The van der Waals surface area contributed by atoms with E-state index in [1.54, 1.807) is 0 Å². The third-order valence-corrected chi connectivity index (χ3v) is 1.18. The van der Waals surface area contributed by atoms with E-state index >= 15 is 0 Å². The van der Waals surface area contributed by atoms with Gasteiger partial charge in [-0.3, -0.25) is 0 Å². The Bertz CT molecular complexity index is 58.7. The fourth-order valence-electron chi connectivity index (χ4n) is 0.743. The third-order valence-electron chi connectivity index (χ3n) is 1.18. The molecular weight excluding hydrogens is 95.1 g/mol. The van der Waals surface area contributed by atoms with Gasteiger partial charge in [0.05, 0.1) is 0 Å². The van der Waals surface area contributed by atoms with Crippen LogP contribution >= 0.6 is 0 Å². The van der Waals surface area contributed by atoms with Crippen molar-refractivity contribution in [3.8, 4) is 0 Å². The zero-order valence-corrected chi connectivity index (χ0v) is 4.10. The summed E-state index contributed by atoms with van der Waals surface area (Å²) in [6, 6.07) is 0.0741. The lowest BCUT2D eigenvalue weighted by Crippen LogP contribution is -2.21. The fraction of sp³-hybridized carbons (Fsp3) is 1.00. The molecule has 1 unspecified atom stereocenters. The number of halogens is 1. The van der Waals surface area contributed by atoms with Gasteiger partial charge in [-0.25, -0.2) is 0 Å². The molecule has 3 heteroatoms. The maximum absolute atomic E-state index is 11.9. The van der Waals surface area contributed by atoms with Crippen molar-refractivity contribution < 1.29 is 4.48 Å². The lowest BCUT2D eigenvalue weighted by atomic mass is 10.3. The molecule has 0 spiro atoms. The molecule has 1 atom stereocenters. The summed E-state index contributed by atoms with van der Waals surface area (Å²) in [5.74, 6) is 0. The minimum Gasteiger partial charge on any atom is -0.326 e. The van der Waals surface area contributed by atoms with Gasteiger partial charge >= 0.3 is 0 Å². The number of hydrogen-bond donors (Lipinski definition) is 1. The quantitative estimate of drug-likeness (QED) is 0.435. The van der Waals surface area contributed by atoms with E-state index in [1.807, 2.05) is 0 Å². The van der Waals surface area contributed by atoms with Crippen LogP contribution in [0.3, 0.4) is 0 Å². The molecule has 2 N–H and O–H groups in total. The molecule has 0 bridgehead atoms. The van der Waals surface area contributed by atoms with Crippen molar-refractivity contribution in [2.75, 3.05) is 13.1 Å². The molecule has 1 heterocycles. The highest BCUT2D eigenvalue weighted by atomic mass is 19.2. The van der Waals surface area contributed by atoms with E-state index in [0.29, 0.717) is 13.1 Å². The number of hydrogen-bond acceptors (Lipinski definition) is 2. The Morgan fingerprint density at radius 2 is 2.43 bits per heavy atom. The molecule has 0 amide bonds. The van der Waals surface area contributed by atoms with Gasteiger partial charge in [-0.15, -0.1) is 9.60 Å². The monoisotopic (exact) mass is 104 g/mol. The van der Waals surface area contributed by atoms with Gasteiger partial charge in [-0.05, 0) is 6.42 Å². The second-order valence-corrected chi connectivity index (χ2v) is 1.92. The Labute approximate surface area is 42.0 Å². The molecule has 0 saturated carbocycles. The van der Waals surface area contributed by atoms with Crippen LogP contribution in [-0.4, -0.2) is 24.3 Å². The van der Waals surface area contributed by atoms with Crippen molar-refractivity contribution >= 4 is 0 Å². The highest BCUT2D eigenvalue weighted by Gasteiger charge is 2.17. The first kappa shape index (κ1) is 5.00. The van der Waals surface area contributed by atoms with Crippen molar-refractivity contribution in [2.24, 2.45) is 5.73 Å². The van der Waals surface area contributed by atoms with E-state index in [4.69, 9.17) is 5.73 Å². The Morgan fingerprint density at radius 1 is 1.71 bits per heavy atom. The van der Waals surface area contributed by atoms with Gasteiger partial charge in [0.2, 0.25) is 0 Å². The summed E-state index contributed by atoms with van der Waals surface area (Å²) < 4.78 is 11.9. The van der Waals surface area contributed by atoms with E-state index in [-0.39, 0.29) is 6.04 Å². The number of nitrogens with two attached hydrogens (primary N) is 1. The molecule has 0 aromatic carbocycles. The average molecular weight is 104 g/mol. The summed E-state index contributed by atoms with van der Waals surface area (Å²) in [6.45, 7) is 0.932. The van der Waals surface area contributed by atoms with Crippen molar-refractivity contribution in [3.05, 3.63) is 0 Å². The molecule has 0 aliphatic carbocycles. The topological polar surface area (TPSA) is 29.3 Å². The Kier molecular flexibility index (Phi) is 1.25. The average Bonchev–Trinajstić information content (AvgIpc) is 1.87. The smallest absolute Gasteiger partial charge is 0.0442 e. The van der Waals surface area contributed by atoms with Crippen LogP contribution in [-0.2, 0) is 0 Å². The predicted molar refractivity (Wildman–Crippen MR) is 25.3 cm³/mol. The molecule has 1 saturated heterocycles. The van der Waals surface area contributed by atoms with Gasteiger partial charge in [0.1, 0.15) is 0 Å². The lowest BCUT2D eigenvalue weighted by Gasteiger charge is -1.97. The summed E-state index contributed by atoms with van der Waals surface area (Å²) in [7, 11) is 0. The van der Waals surface area contributed by atoms with Crippen molar-refractivity contribution in [1.29, 1.82) is 0 Å². The van der Waals surface area contributed by atoms with Gasteiger partial charge in [0, 0.05) is 19.1 Å². The van der Waals surface area contributed by atoms with Gasteiger partial charge in [-0.1, -0.05) is 0 Å².